The molecule has 23 heavy (non-hydrogen) atoms. The van der Waals surface area contributed by atoms with E-state index in [1.807, 2.05) is 60.9 Å². The van der Waals surface area contributed by atoms with Gasteiger partial charge in [0.2, 0.25) is 5.91 Å². The Bertz CT molecular complexity index is 638. The highest BCUT2D eigenvalue weighted by Crippen LogP contribution is 2.15. The standard InChI is InChI=1S/C19H21NO2S/c1-23-18-10-7-15(8-11-18)9-12-19(22)20-14-17(21)13-16-5-3-2-4-6-16/h2-12,17,21H,13-14H2,1H3,(H,20,22)/b12-9+. The zero-order valence-electron chi connectivity index (χ0n) is 13.1. The van der Waals surface area contributed by atoms with Gasteiger partial charge in [0.15, 0.2) is 0 Å². The first-order chi connectivity index (χ1) is 11.2. The number of hydrogen-bond donors (Lipinski definition) is 2. The van der Waals surface area contributed by atoms with E-state index in [2.05, 4.69) is 5.32 Å². The van der Waals surface area contributed by atoms with Crippen LogP contribution < -0.4 is 5.32 Å². The highest BCUT2D eigenvalue weighted by Gasteiger charge is 2.06. The number of nitrogens with one attached hydrogen (secondary N) is 1. The number of aliphatic hydroxyl groups is 1. The summed E-state index contributed by atoms with van der Waals surface area (Å²) in [6, 6.07) is 17.7. The summed E-state index contributed by atoms with van der Waals surface area (Å²) in [4.78, 5) is 13.0. The fraction of sp³-hybridized carbons (Fsp3) is 0.211. The van der Waals surface area contributed by atoms with Crippen molar-refractivity contribution < 1.29 is 9.90 Å². The number of hydrogen-bond acceptors (Lipinski definition) is 3. The van der Waals surface area contributed by atoms with Crippen LogP contribution in [0.4, 0.5) is 0 Å². The van der Waals surface area contributed by atoms with Gasteiger partial charge in [0.1, 0.15) is 0 Å². The number of amides is 1. The predicted octanol–water partition coefficient (Wildman–Crippen LogP) is 3.14. The Kier molecular flexibility index (Phi) is 6.91. The van der Waals surface area contributed by atoms with Crippen LogP contribution in [0.3, 0.4) is 0 Å². The molecular weight excluding hydrogens is 306 g/mol. The maximum absolute atomic E-state index is 11.8. The van der Waals surface area contributed by atoms with Crippen molar-refractivity contribution in [1.29, 1.82) is 0 Å². The van der Waals surface area contributed by atoms with Crippen LogP contribution in [0.5, 0.6) is 0 Å². The van der Waals surface area contributed by atoms with E-state index in [1.165, 1.54) is 11.0 Å². The van der Waals surface area contributed by atoms with Crippen LogP contribution in [0.1, 0.15) is 11.1 Å². The largest absolute Gasteiger partial charge is 0.391 e. The fourth-order valence-corrected chi connectivity index (χ4v) is 2.53. The summed E-state index contributed by atoms with van der Waals surface area (Å²) in [5.41, 5.74) is 2.03. The minimum absolute atomic E-state index is 0.203. The lowest BCUT2D eigenvalue weighted by Crippen LogP contribution is -2.32. The van der Waals surface area contributed by atoms with Crippen molar-refractivity contribution in [2.45, 2.75) is 17.4 Å². The van der Waals surface area contributed by atoms with Gasteiger partial charge in [-0.05, 0) is 35.6 Å². The third-order valence-electron chi connectivity index (χ3n) is 3.37. The lowest BCUT2D eigenvalue weighted by Gasteiger charge is -2.10. The van der Waals surface area contributed by atoms with Crippen molar-refractivity contribution in [3.8, 4) is 0 Å². The van der Waals surface area contributed by atoms with E-state index in [0.717, 1.165) is 11.1 Å². The van der Waals surface area contributed by atoms with Gasteiger partial charge >= 0.3 is 0 Å². The van der Waals surface area contributed by atoms with E-state index in [1.54, 1.807) is 17.8 Å². The molecule has 0 aliphatic carbocycles. The molecule has 0 bridgehead atoms. The van der Waals surface area contributed by atoms with Crippen molar-refractivity contribution in [1.82, 2.24) is 5.32 Å². The first-order valence-electron chi connectivity index (χ1n) is 7.49. The third-order valence-corrected chi connectivity index (χ3v) is 4.11. The summed E-state index contributed by atoms with van der Waals surface area (Å²) in [5, 5.41) is 12.7. The van der Waals surface area contributed by atoms with E-state index in [4.69, 9.17) is 0 Å². The molecule has 1 amide bonds. The molecule has 2 aromatic carbocycles. The minimum Gasteiger partial charge on any atom is -0.391 e. The molecule has 1 unspecified atom stereocenters. The molecule has 2 rings (SSSR count). The highest BCUT2D eigenvalue weighted by molar-refractivity contribution is 7.98. The maximum atomic E-state index is 11.8. The van der Waals surface area contributed by atoms with Crippen LogP contribution in [0.15, 0.2) is 65.6 Å². The average molecular weight is 327 g/mol. The molecule has 0 aliphatic rings. The van der Waals surface area contributed by atoms with Gasteiger partial charge in [0, 0.05) is 23.9 Å². The molecule has 4 heteroatoms. The van der Waals surface area contributed by atoms with Crippen LogP contribution in [0.2, 0.25) is 0 Å². The van der Waals surface area contributed by atoms with Crippen molar-refractivity contribution in [2.75, 3.05) is 12.8 Å². The SMILES string of the molecule is CSc1ccc(/C=C/C(=O)NCC(O)Cc2ccccc2)cc1. The van der Waals surface area contributed by atoms with Crippen LogP contribution >= 0.6 is 11.8 Å². The Labute approximate surface area is 141 Å². The molecule has 2 aromatic rings. The second-order valence-corrected chi connectivity index (χ2v) is 6.07. The van der Waals surface area contributed by atoms with Crippen molar-refractivity contribution in [2.24, 2.45) is 0 Å². The number of thioether (sulfide) groups is 1. The minimum atomic E-state index is -0.587. The molecule has 1 atom stereocenters. The molecule has 120 valence electrons. The zero-order chi connectivity index (χ0) is 16.5. The van der Waals surface area contributed by atoms with Crippen molar-refractivity contribution in [3.05, 3.63) is 71.8 Å². The second kappa shape index (κ2) is 9.18. The topological polar surface area (TPSA) is 49.3 Å². The molecule has 2 N–H and O–H groups in total. The normalized spacial score (nSPS) is 12.3. The molecule has 0 aromatic heterocycles. The number of aliphatic hydroxyl groups excluding tert-OH is 1. The molecule has 3 nitrogen and oxygen atoms in total. The summed E-state index contributed by atoms with van der Waals surface area (Å²) in [5.74, 6) is -0.203. The van der Waals surface area contributed by atoms with Gasteiger partial charge in [0.05, 0.1) is 6.10 Å². The van der Waals surface area contributed by atoms with Crippen LogP contribution in [0, 0.1) is 0 Å². The van der Waals surface area contributed by atoms with Crippen molar-refractivity contribution in [3.63, 3.8) is 0 Å². The van der Waals surface area contributed by atoms with Crippen LogP contribution in [-0.2, 0) is 11.2 Å². The van der Waals surface area contributed by atoms with Gasteiger partial charge < -0.3 is 10.4 Å². The van der Waals surface area contributed by atoms with Gasteiger partial charge in [-0.1, -0.05) is 42.5 Å². The first kappa shape index (κ1) is 17.3. The Hall–Kier alpha value is -2.04. The van der Waals surface area contributed by atoms with Gasteiger partial charge in [-0.2, -0.15) is 0 Å². The summed E-state index contributed by atoms with van der Waals surface area (Å²) in [6.07, 6.45) is 5.22. The van der Waals surface area contributed by atoms with Gasteiger partial charge in [0.25, 0.3) is 0 Å². The van der Waals surface area contributed by atoms with Gasteiger partial charge in [-0.25, -0.2) is 0 Å². The maximum Gasteiger partial charge on any atom is 0.244 e. The number of carbonyl (C=O) groups excluding carboxylic acids is 1. The molecule has 0 radical (unpaired) electrons. The van der Waals surface area contributed by atoms with Crippen LogP contribution in [-0.4, -0.2) is 29.9 Å². The second-order valence-electron chi connectivity index (χ2n) is 5.20. The number of carbonyl (C=O) groups is 1. The lowest BCUT2D eigenvalue weighted by molar-refractivity contribution is -0.116. The Morgan fingerprint density at radius 1 is 1.17 bits per heavy atom. The summed E-state index contributed by atoms with van der Waals surface area (Å²) in [6.45, 7) is 0.240. The molecule has 0 spiro atoms. The third kappa shape index (κ3) is 6.30. The molecule has 0 aliphatic heterocycles. The molecular formula is C19H21NO2S. The van der Waals surface area contributed by atoms with Gasteiger partial charge in [-0.3, -0.25) is 4.79 Å². The molecule has 0 saturated carbocycles. The van der Waals surface area contributed by atoms with Crippen LogP contribution in [0.25, 0.3) is 6.08 Å². The number of rotatable bonds is 7. The molecule has 0 fully saturated rings. The monoisotopic (exact) mass is 327 g/mol. The quantitative estimate of drug-likeness (QED) is 0.607. The predicted molar refractivity (Wildman–Crippen MR) is 96.4 cm³/mol. The Morgan fingerprint density at radius 2 is 1.87 bits per heavy atom. The Balaban J connectivity index is 1.76. The first-order valence-corrected chi connectivity index (χ1v) is 8.72. The highest BCUT2D eigenvalue weighted by atomic mass is 32.2. The molecule has 0 saturated heterocycles. The molecule has 0 heterocycles. The average Bonchev–Trinajstić information content (AvgIpc) is 2.59. The Morgan fingerprint density at radius 3 is 2.52 bits per heavy atom. The fourth-order valence-electron chi connectivity index (χ4n) is 2.12. The van der Waals surface area contributed by atoms with Crippen molar-refractivity contribution >= 4 is 23.7 Å². The van der Waals surface area contributed by atoms with E-state index < -0.39 is 6.10 Å². The van der Waals surface area contributed by atoms with E-state index in [-0.39, 0.29) is 12.5 Å². The zero-order valence-corrected chi connectivity index (χ0v) is 13.9. The lowest BCUT2D eigenvalue weighted by atomic mass is 10.1. The van der Waals surface area contributed by atoms with E-state index in [0.29, 0.717) is 6.42 Å². The summed E-state index contributed by atoms with van der Waals surface area (Å²) < 4.78 is 0. The van der Waals surface area contributed by atoms with E-state index >= 15 is 0 Å². The summed E-state index contributed by atoms with van der Waals surface area (Å²) in [7, 11) is 0. The van der Waals surface area contributed by atoms with Gasteiger partial charge in [-0.15, -0.1) is 11.8 Å². The van der Waals surface area contributed by atoms with E-state index in [9.17, 15) is 9.90 Å². The number of benzene rings is 2. The smallest absolute Gasteiger partial charge is 0.244 e. The summed E-state index contributed by atoms with van der Waals surface area (Å²) >= 11 is 1.68.